The maximum Gasteiger partial charge on any atom is 0.0636 e. The summed E-state index contributed by atoms with van der Waals surface area (Å²) < 4.78 is 0. The smallest absolute Gasteiger partial charge is 0.0636 e. The van der Waals surface area contributed by atoms with Crippen molar-refractivity contribution in [1.82, 2.24) is 5.48 Å². The first-order valence-electron chi connectivity index (χ1n) is 2.91. The quantitative estimate of drug-likeness (QED) is 0.543. The highest BCUT2D eigenvalue weighted by Crippen LogP contribution is 2.13. The summed E-state index contributed by atoms with van der Waals surface area (Å²) in [5, 5.41) is 0. The highest BCUT2D eigenvalue weighted by Gasteiger charge is 2.01. The first-order valence-corrected chi connectivity index (χ1v) is 2.91. The molecule has 2 nitrogen and oxygen atoms in total. The molecule has 0 aliphatic heterocycles. The molecular formula is C6H11NO. The molecule has 0 aromatic heterocycles. The molecule has 1 aliphatic carbocycles. The van der Waals surface area contributed by atoms with Gasteiger partial charge in [0.2, 0.25) is 0 Å². The van der Waals surface area contributed by atoms with Gasteiger partial charge in [-0.15, -0.1) is 0 Å². The Hall–Kier alpha value is -0.500. The normalized spacial score (nSPS) is 18.4. The second kappa shape index (κ2) is 2.72. The molecule has 1 rings (SSSR count). The molecule has 0 saturated heterocycles. The summed E-state index contributed by atoms with van der Waals surface area (Å²) in [6.45, 7) is 0. The molecule has 0 radical (unpaired) electrons. The Morgan fingerprint density at radius 1 is 1.75 bits per heavy atom. The van der Waals surface area contributed by atoms with E-state index in [2.05, 4.69) is 11.6 Å². The fourth-order valence-electron chi connectivity index (χ4n) is 0.895. The zero-order chi connectivity index (χ0) is 5.82. The van der Waals surface area contributed by atoms with Gasteiger partial charge < -0.3 is 0 Å². The van der Waals surface area contributed by atoms with Gasteiger partial charge in [-0.05, 0) is 19.3 Å². The third-order valence-electron chi connectivity index (χ3n) is 1.27. The summed E-state index contributed by atoms with van der Waals surface area (Å²) in [7, 11) is 1.64. The Morgan fingerprint density at radius 2 is 2.62 bits per heavy atom. The van der Waals surface area contributed by atoms with Crippen LogP contribution in [0.4, 0.5) is 0 Å². The van der Waals surface area contributed by atoms with Gasteiger partial charge in [-0.2, -0.15) is 0 Å². The molecule has 0 fully saturated rings. The van der Waals surface area contributed by atoms with Crippen LogP contribution in [0.5, 0.6) is 0 Å². The predicted molar refractivity (Wildman–Crippen MR) is 32.1 cm³/mol. The lowest BCUT2D eigenvalue weighted by Crippen LogP contribution is -2.08. The molecule has 0 bridgehead atoms. The summed E-state index contributed by atoms with van der Waals surface area (Å²) in [6.07, 6.45) is 5.79. The molecular weight excluding hydrogens is 102 g/mol. The Kier molecular flexibility index (Phi) is 1.92. The zero-order valence-electron chi connectivity index (χ0n) is 5.11. The Morgan fingerprint density at radius 3 is 3.12 bits per heavy atom. The van der Waals surface area contributed by atoms with Gasteiger partial charge in [-0.3, -0.25) is 10.3 Å². The third-order valence-corrected chi connectivity index (χ3v) is 1.27. The minimum atomic E-state index is 1.15. The van der Waals surface area contributed by atoms with Crippen LogP contribution in [-0.2, 0) is 4.84 Å². The van der Waals surface area contributed by atoms with Crippen LogP contribution in [0.25, 0.3) is 0 Å². The van der Waals surface area contributed by atoms with Crippen LogP contribution in [0, 0.1) is 0 Å². The van der Waals surface area contributed by atoms with E-state index in [1.54, 1.807) is 7.11 Å². The number of rotatable bonds is 2. The van der Waals surface area contributed by atoms with Crippen LogP contribution in [0.3, 0.4) is 0 Å². The first kappa shape index (κ1) is 5.63. The van der Waals surface area contributed by atoms with Gasteiger partial charge in [0, 0.05) is 5.70 Å². The highest BCUT2D eigenvalue weighted by atomic mass is 16.6. The average Bonchev–Trinajstić information content (AvgIpc) is 2.19. The van der Waals surface area contributed by atoms with Crippen LogP contribution >= 0.6 is 0 Å². The molecule has 1 N–H and O–H groups in total. The second-order valence-corrected chi connectivity index (χ2v) is 1.93. The molecule has 0 saturated carbocycles. The number of hydrogen-bond donors (Lipinski definition) is 1. The lowest BCUT2D eigenvalue weighted by Gasteiger charge is -2.00. The van der Waals surface area contributed by atoms with Gasteiger partial charge in [0.25, 0.3) is 0 Å². The van der Waals surface area contributed by atoms with E-state index in [0.717, 1.165) is 6.42 Å². The van der Waals surface area contributed by atoms with Crippen LogP contribution in [0.15, 0.2) is 11.8 Å². The number of hydrogen-bond acceptors (Lipinski definition) is 2. The van der Waals surface area contributed by atoms with Crippen molar-refractivity contribution in [3.05, 3.63) is 11.8 Å². The standard InChI is InChI=1S/C6H11NO/c1-8-7-6-4-2-3-5-6/h4,7H,2-3,5H2,1H3. The van der Waals surface area contributed by atoms with Gasteiger partial charge >= 0.3 is 0 Å². The lowest BCUT2D eigenvalue weighted by molar-refractivity contribution is 0.116. The molecule has 2 heteroatoms. The molecule has 0 heterocycles. The molecule has 0 aromatic rings. The van der Waals surface area contributed by atoms with E-state index in [4.69, 9.17) is 4.84 Å². The maximum atomic E-state index is 4.71. The van der Waals surface area contributed by atoms with E-state index in [-0.39, 0.29) is 0 Å². The molecule has 1 aliphatic rings. The first-order chi connectivity index (χ1) is 3.93. The molecule has 0 amide bonds. The van der Waals surface area contributed by atoms with E-state index < -0.39 is 0 Å². The van der Waals surface area contributed by atoms with Crippen molar-refractivity contribution in [3.63, 3.8) is 0 Å². The molecule has 0 spiro atoms. The minimum Gasteiger partial charge on any atom is -0.280 e. The third kappa shape index (κ3) is 1.23. The fourth-order valence-corrected chi connectivity index (χ4v) is 0.895. The predicted octanol–water partition coefficient (Wildman–Crippen LogP) is 1.21. The summed E-state index contributed by atoms with van der Waals surface area (Å²) in [5.41, 5.74) is 4.03. The monoisotopic (exact) mass is 113 g/mol. The number of hydroxylamine groups is 1. The second-order valence-electron chi connectivity index (χ2n) is 1.93. The van der Waals surface area contributed by atoms with Gasteiger partial charge in [-0.25, -0.2) is 0 Å². The largest absolute Gasteiger partial charge is 0.280 e. The van der Waals surface area contributed by atoms with Crippen molar-refractivity contribution >= 4 is 0 Å². The summed E-state index contributed by atoms with van der Waals surface area (Å²) >= 11 is 0. The SMILES string of the molecule is CONC1=CCCC1. The fraction of sp³-hybridized carbons (Fsp3) is 0.667. The van der Waals surface area contributed by atoms with Crippen molar-refractivity contribution in [2.45, 2.75) is 19.3 Å². The van der Waals surface area contributed by atoms with Crippen molar-refractivity contribution in [1.29, 1.82) is 0 Å². The van der Waals surface area contributed by atoms with E-state index in [1.807, 2.05) is 0 Å². The van der Waals surface area contributed by atoms with E-state index in [0.29, 0.717) is 0 Å². The van der Waals surface area contributed by atoms with Gasteiger partial charge in [-0.1, -0.05) is 6.08 Å². The van der Waals surface area contributed by atoms with E-state index in [9.17, 15) is 0 Å². The van der Waals surface area contributed by atoms with Crippen molar-refractivity contribution < 1.29 is 4.84 Å². The lowest BCUT2D eigenvalue weighted by atomic mass is 10.3. The molecule has 0 atom stereocenters. The Bertz CT molecular complexity index is 98.7. The minimum absolute atomic E-state index is 1.15. The zero-order valence-corrected chi connectivity index (χ0v) is 5.11. The summed E-state index contributed by atoms with van der Waals surface area (Å²) in [5.74, 6) is 0. The van der Waals surface area contributed by atoms with Gasteiger partial charge in [0.15, 0.2) is 0 Å². The molecule has 8 heavy (non-hydrogen) atoms. The van der Waals surface area contributed by atoms with E-state index >= 15 is 0 Å². The highest BCUT2D eigenvalue weighted by molar-refractivity contribution is 5.02. The molecule has 0 aromatic carbocycles. The van der Waals surface area contributed by atoms with Crippen LogP contribution in [-0.4, -0.2) is 7.11 Å². The Labute approximate surface area is 49.5 Å². The van der Waals surface area contributed by atoms with E-state index in [1.165, 1.54) is 18.5 Å². The van der Waals surface area contributed by atoms with Gasteiger partial charge in [0.1, 0.15) is 0 Å². The van der Waals surface area contributed by atoms with Crippen molar-refractivity contribution in [2.75, 3.05) is 7.11 Å². The molecule has 46 valence electrons. The summed E-state index contributed by atoms with van der Waals surface area (Å²) in [6, 6.07) is 0. The Balaban J connectivity index is 2.23. The topological polar surface area (TPSA) is 21.3 Å². The van der Waals surface area contributed by atoms with Crippen LogP contribution in [0.2, 0.25) is 0 Å². The number of allylic oxidation sites excluding steroid dienone is 2. The molecule has 0 unspecified atom stereocenters. The van der Waals surface area contributed by atoms with Gasteiger partial charge in [0.05, 0.1) is 7.11 Å². The maximum absolute atomic E-state index is 4.71. The van der Waals surface area contributed by atoms with Crippen molar-refractivity contribution in [2.24, 2.45) is 0 Å². The van der Waals surface area contributed by atoms with Crippen LogP contribution < -0.4 is 5.48 Å². The van der Waals surface area contributed by atoms with Crippen molar-refractivity contribution in [3.8, 4) is 0 Å². The van der Waals surface area contributed by atoms with Crippen LogP contribution in [0.1, 0.15) is 19.3 Å². The average molecular weight is 113 g/mol. The number of nitrogens with one attached hydrogen (secondary N) is 1. The summed E-state index contributed by atoms with van der Waals surface area (Å²) in [4.78, 5) is 4.71.